The average molecular weight is 340 g/mol. The van der Waals surface area contributed by atoms with Gasteiger partial charge >= 0.3 is 0 Å². The van der Waals surface area contributed by atoms with Gasteiger partial charge in [-0.25, -0.2) is 0 Å². The highest BCUT2D eigenvalue weighted by Crippen LogP contribution is 2.28. The van der Waals surface area contributed by atoms with Crippen LogP contribution in [-0.2, 0) is 5.41 Å². The number of rotatable bonds is 12. The Hall–Kier alpha value is -0.530. The molecule has 0 bridgehead atoms. The monoisotopic (exact) mass is 339 g/mol. The first-order valence-corrected chi connectivity index (χ1v) is 9.40. The zero-order valence-corrected chi connectivity index (χ0v) is 16.3. The van der Waals surface area contributed by atoms with Crippen molar-refractivity contribution in [2.75, 3.05) is 0 Å². The lowest BCUT2D eigenvalue weighted by Crippen LogP contribution is -2.40. The summed E-state index contributed by atoms with van der Waals surface area (Å²) in [6.07, 6.45) is 13.5. The van der Waals surface area contributed by atoms with Crippen molar-refractivity contribution in [2.45, 2.75) is 96.4 Å². The van der Waals surface area contributed by atoms with Gasteiger partial charge in [0.15, 0.2) is 0 Å². The van der Waals surface area contributed by atoms with Crippen LogP contribution in [0.1, 0.15) is 90.5 Å². The maximum absolute atomic E-state index is 6.48. The third-order valence-electron chi connectivity index (χ3n) is 5.06. The molecule has 1 unspecified atom stereocenters. The molecule has 2 heteroatoms. The third-order valence-corrected chi connectivity index (χ3v) is 5.06. The Morgan fingerprint density at radius 2 is 1.30 bits per heavy atom. The molecule has 1 rings (SSSR count). The summed E-state index contributed by atoms with van der Waals surface area (Å²) in [5.74, 6) is 0. The van der Waals surface area contributed by atoms with Crippen LogP contribution < -0.4 is 5.73 Å². The molecule has 23 heavy (non-hydrogen) atoms. The van der Waals surface area contributed by atoms with E-state index in [9.17, 15) is 0 Å². The Bertz CT molecular complexity index is 375. The van der Waals surface area contributed by atoms with Crippen molar-refractivity contribution >= 4 is 12.4 Å². The molecule has 0 spiro atoms. The molecule has 0 aliphatic heterocycles. The molecule has 134 valence electrons. The number of hydrogen-bond acceptors (Lipinski definition) is 1. The van der Waals surface area contributed by atoms with Gasteiger partial charge in [0.1, 0.15) is 0 Å². The predicted octanol–water partition coefficient (Wildman–Crippen LogP) is 6.63. The van der Waals surface area contributed by atoms with Gasteiger partial charge in [-0.05, 0) is 12.0 Å². The van der Waals surface area contributed by atoms with Crippen molar-refractivity contribution in [1.29, 1.82) is 0 Å². The van der Waals surface area contributed by atoms with Crippen LogP contribution >= 0.6 is 12.4 Å². The van der Waals surface area contributed by atoms with E-state index in [1.165, 1.54) is 63.4 Å². The number of halogens is 1. The minimum Gasteiger partial charge on any atom is -0.327 e. The highest BCUT2D eigenvalue weighted by Gasteiger charge is 2.27. The Morgan fingerprint density at radius 3 is 1.83 bits per heavy atom. The van der Waals surface area contributed by atoms with Crippen molar-refractivity contribution < 1.29 is 0 Å². The van der Waals surface area contributed by atoms with Crippen molar-refractivity contribution in [2.24, 2.45) is 5.73 Å². The summed E-state index contributed by atoms with van der Waals surface area (Å²) in [6.45, 7) is 6.83. The van der Waals surface area contributed by atoms with Crippen LogP contribution in [0.15, 0.2) is 30.3 Å². The van der Waals surface area contributed by atoms with E-state index in [-0.39, 0.29) is 23.9 Å². The van der Waals surface area contributed by atoms with Gasteiger partial charge in [0.25, 0.3) is 0 Å². The number of benzene rings is 1. The number of unbranched alkanes of at least 4 members (excludes halogenated alkanes) is 8. The standard InChI is InChI=1S/C21H37N.ClH/c1-4-5-6-7-8-9-10-11-15-18-20(22)21(2,3)19-16-13-12-14-17-19;/h12-14,16-17,20H,4-11,15,18,22H2,1-3H3;1H. The molecular formula is C21H38ClN. The van der Waals surface area contributed by atoms with E-state index >= 15 is 0 Å². The molecule has 1 nitrogen and oxygen atoms in total. The zero-order chi connectivity index (χ0) is 16.3. The van der Waals surface area contributed by atoms with E-state index in [0.717, 1.165) is 6.42 Å². The van der Waals surface area contributed by atoms with Crippen LogP contribution in [0.2, 0.25) is 0 Å². The Balaban J connectivity index is 0.00000484. The normalized spacial score (nSPS) is 12.7. The van der Waals surface area contributed by atoms with Gasteiger partial charge in [-0.1, -0.05) is 109 Å². The maximum Gasteiger partial charge on any atom is 0.0131 e. The van der Waals surface area contributed by atoms with Crippen LogP contribution in [0, 0.1) is 0 Å². The molecule has 0 aliphatic carbocycles. The number of nitrogens with two attached hydrogens (primary N) is 1. The van der Waals surface area contributed by atoms with E-state index in [2.05, 4.69) is 51.1 Å². The fraction of sp³-hybridized carbons (Fsp3) is 0.714. The summed E-state index contributed by atoms with van der Waals surface area (Å²) in [5.41, 5.74) is 7.91. The van der Waals surface area contributed by atoms with Gasteiger partial charge in [0.05, 0.1) is 0 Å². The number of hydrogen-bond donors (Lipinski definition) is 1. The van der Waals surface area contributed by atoms with Gasteiger partial charge in [-0.3, -0.25) is 0 Å². The van der Waals surface area contributed by atoms with Gasteiger partial charge < -0.3 is 5.73 Å². The molecule has 0 saturated heterocycles. The Kier molecular flexibility index (Phi) is 12.5. The van der Waals surface area contributed by atoms with E-state index in [0.29, 0.717) is 0 Å². The predicted molar refractivity (Wildman–Crippen MR) is 107 cm³/mol. The second kappa shape index (κ2) is 12.8. The minimum absolute atomic E-state index is 0. The van der Waals surface area contributed by atoms with E-state index in [4.69, 9.17) is 5.73 Å². The second-order valence-corrected chi connectivity index (χ2v) is 7.31. The van der Waals surface area contributed by atoms with Gasteiger partial charge in [0, 0.05) is 11.5 Å². The fourth-order valence-electron chi connectivity index (χ4n) is 3.12. The SMILES string of the molecule is CCCCCCCCCCCC(N)C(C)(C)c1ccccc1.Cl. The van der Waals surface area contributed by atoms with E-state index in [1.807, 2.05) is 0 Å². The minimum atomic E-state index is 0. The smallest absolute Gasteiger partial charge is 0.0131 e. The summed E-state index contributed by atoms with van der Waals surface area (Å²) >= 11 is 0. The van der Waals surface area contributed by atoms with E-state index in [1.54, 1.807) is 0 Å². The molecule has 0 saturated carbocycles. The summed E-state index contributed by atoms with van der Waals surface area (Å²) < 4.78 is 0. The molecule has 0 amide bonds. The van der Waals surface area contributed by atoms with Crippen LogP contribution in [0.3, 0.4) is 0 Å². The highest BCUT2D eigenvalue weighted by atomic mass is 35.5. The molecule has 1 aromatic carbocycles. The summed E-state index contributed by atoms with van der Waals surface area (Å²) in [5, 5.41) is 0. The fourth-order valence-corrected chi connectivity index (χ4v) is 3.12. The lowest BCUT2D eigenvalue weighted by Gasteiger charge is -2.32. The Morgan fingerprint density at radius 1 is 0.826 bits per heavy atom. The topological polar surface area (TPSA) is 26.0 Å². The van der Waals surface area contributed by atoms with Crippen molar-refractivity contribution in [1.82, 2.24) is 0 Å². The van der Waals surface area contributed by atoms with E-state index < -0.39 is 0 Å². The molecule has 0 aliphatic rings. The molecule has 1 aromatic rings. The van der Waals surface area contributed by atoms with Gasteiger partial charge in [-0.2, -0.15) is 0 Å². The zero-order valence-electron chi connectivity index (χ0n) is 15.5. The van der Waals surface area contributed by atoms with Crippen molar-refractivity contribution in [3.05, 3.63) is 35.9 Å². The first-order valence-electron chi connectivity index (χ1n) is 9.40. The average Bonchev–Trinajstić information content (AvgIpc) is 2.54. The lowest BCUT2D eigenvalue weighted by molar-refractivity contribution is 0.375. The van der Waals surface area contributed by atoms with Crippen LogP contribution in [0.4, 0.5) is 0 Å². The maximum atomic E-state index is 6.48. The van der Waals surface area contributed by atoms with Gasteiger partial charge in [0.2, 0.25) is 0 Å². The third kappa shape index (κ3) is 8.77. The largest absolute Gasteiger partial charge is 0.327 e. The molecule has 0 aromatic heterocycles. The quantitative estimate of drug-likeness (QED) is 0.424. The molecule has 0 fully saturated rings. The first-order chi connectivity index (χ1) is 10.6. The van der Waals surface area contributed by atoms with Crippen molar-refractivity contribution in [3.8, 4) is 0 Å². The molecule has 1 atom stereocenters. The van der Waals surface area contributed by atoms with Crippen LogP contribution in [0.5, 0.6) is 0 Å². The summed E-state index contributed by atoms with van der Waals surface area (Å²) in [4.78, 5) is 0. The first kappa shape index (κ1) is 22.5. The second-order valence-electron chi connectivity index (χ2n) is 7.31. The summed E-state index contributed by atoms with van der Waals surface area (Å²) in [6, 6.07) is 11.0. The molecule has 0 heterocycles. The molecular weight excluding hydrogens is 302 g/mol. The highest BCUT2D eigenvalue weighted by molar-refractivity contribution is 5.85. The van der Waals surface area contributed by atoms with Crippen molar-refractivity contribution in [3.63, 3.8) is 0 Å². The van der Waals surface area contributed by atoms with Crippen LogP contribution in [-0.4, -0.2) is 6.04 Å². The molecule has 0 radical (unpaired) electrons. The molecule has 2 N–H and O–H groups in total. The lowest BCUT2D eigenvalue weighted by atomic mass is 9.76. The van der Waals surface area contributed by atoms with Gasteiger partial charge in [-0.15, -0.1) is 12.4 Å². The van der Waals surface area contributed by atoms with Crippen LogP contribution in [0.25, 0.3) is 0 Å². The Labute approximate surface area is 150 Å². The summed E-state index contributed by atoms with van der Waals surface area (Å²) in [7, 11) is 0.